The Hall–Kier alpha value is -0.200. The molecule has 1 rings (SSSR count). The van der Waals surface area contributed by atoms with Gasteiger partial charge in [-0.05, 0) is 26.2 Å². The molecule has 0 spiro atoms. The number of aliphatic hydroxyl groups is 2. The van der Waals surface area contributed by atoms with E-state index in [4.69, 9.17) is 9.47 Å². The zero-order chi connectivity index (χ0) is 12.6. The molecule has 17 heavy (non-hydrogen) atoms. The maximum Gasteiger partial charge on any atom is 0.0897 e. The van der Waals surface area contributed by atoms with E-state index in [0.717, 1.165) is 19.3 Å². The highest BCUT2D eigenvalue weighted by Gasteiger charge is 2.35. The summed E-state index contributed by atoms with van der Waals surface area (Å²) in [5.74, 6) is 0. The third kappa shape index (κ3) is 5.31. The quantitative estimate of drug-likeness (QED) is 0.470. The summed E-state index contributed by atoms with van der Waals surface area (Å²) in [6.07, 6.45) is 2.60. The normalized spacial score (nSPS) is 19.9. The van der Waals surface area contributed by atoms with Crippen molar-refractivity contribution in [1.82, 2.24) is 5.32 Å². The Labute approximate surface area is 103 Å². The third-order valence-electron chi connectivity index (χ3n) is 3.21. The molecule has 0 bridgehead atoms. The van der Waals surface area contributed by atoms with E-state index in [9.17, 15) is 10.2 Å². The lowest BCUT2D eigenvalue weighted by atomic mass is 9.77. The van der Waals surface area contributed by atoms with Crippen molar-refractivity contribution in [3.63, 3.8) is 0 Å². The van der Waals surface area contributed by atoms with Gasteiger partial charge in [0.2, 0.25) is 0 Å². The van der Waals surface area contributed by atoms with Gasteiger partial charge < -0.3 is 25.0 Å². The molecule has 5 heteroatoms. The Balaban J connectivity index is 1.99. The number of ether oxygens (including phenoxy) is 2. The Morgan fingerprint density at radius 1 is 1.29 bits per heavy atom. The van der Waals surface area contributed by atoms with Crippen LogP contribution in [0.5, 0.6) is 0 Å². The number of rotatable bonds is 10. The third-order valence-corrected chi connectivity index (χ3v) is 3.21. The molecule has 1 aliphatic rings. The first-order chi connectivity index (χ1) is 8.22. The van der Waals surface area contributed by atoms with Crippen LogP contribution in [-0.4, -0.2) is 61.4 Å². The van der Waals surface area contributed by atoms with Gasteiger partial charge in [0, 0.05) is 18.7 Å². The van der Waals surface area contributed by atoms with Crippen molar-refractivity contribution in [2.24, 2.45) is 0 Å². The molecule has 5 nitrogen and oxygen atoms in total. The lowest BCUT2D eigenvalue weighted by molar-refractivity contribution is -0.00211. The minimum Gasteiger partial charge on any atom is -0.394 e. The fraction of sp³-hybridized carbons (Fsp3) is 1.00. The van der Waals surface area contributed by atoms with Crippen molar-refractivity contribution in [3.05, 3.63) is 0 Å². The average molecular weight is 247 g/mol. The van der Waals surface area contributed by atoms with Gasteiger partial charge in [0.15, 0.2) is 0 Å². The second-order valence-electron chi connectivity index (χ2n) is 4.60. The first-order valence-electron chi connectivity index (χ1n) is 6.42. The molecule has 0 heterocycles. The molecule has 1 unspecified atom stereocenters. The van der Waals surface area contributed by atoms with E-state index < -0.39 is 6.10 Å². The molecule has 0 amide bonds. The summed E-state index contributed by atoms with van der Waals surface area (Å²) >= 11 is 0. The van der Waals surface area contributed by atoms with E-state index >= 15 is 0 Å². The minimum atomic E-state index is -0.527. The maximum atomic E-state index is 9.67. The predicted octanol–water partition coefficient (Wildman–Crippen LogP) is -0.0950. The Bertz CT molecular complexity index is 191. The van der Waals surface area contributed by atoms with Crippen molar-refractivity contribution in [1.29, 1.82) is 0 Å². The summed E-state index contributed by atoms with van der Waals surface area (Å²) in [4.78, 5) is 0. The lowest BCUT2D eigenvalue weighted by Gasteiger charge is -2.41. The van der Waals surface area contributed by atoms with Crippen molar-refractivity contribution in [2.75, 3.05) is 39.6 Å². The van der Waals surface area contributed by atoms with Gasteiger partial charge in [0.05, 0.1) is 32.5 Å². The van der Waals surface area contributed by atoms with E-state index in [1.54, 1.807) is 0 Å². The van der Waals surface area contributed by atoms with Gasteiger partial charge in [-0.3, -0.25) is 0 Å². The second kappa shape index (κ2) is 8.00. The highest BCUT2D eigenvalue weighted by molar-refractivity contribution is 4.95. The summed E-state index contributed by atoms with van der Waals surface area (Å²) in [5.41, 5.74) is -0.147. The largest absolute Gasteiger partial charge is 0.394 e. The molecule has 0 saturated heterocycles. The molecule has 1 aliphatic carbocycles. The summed E-state index contributed by atoms with van der Waals surface area (Å²) in [5, 5.41) is 22.1. The summed E-state index contributed by atoms with van der Waals surface area (Å²) in [6, 6.07) is 0. The van der Waals surface area contributed by atoms with Crippen molar-refractivity contribution >= 4 is 0 Å². The highest BCUT2D eigenvalue weighted by atomic mass is 16.5. The number of nitrogens with one attached hydrogen (secondary N) is 1. The monoisotopic (exact) mass is 247 g/mol. The first kappa shape index (κ1) is 14.9. The van der Waals surface area contributed by atoms with Crippen LogP contribution >= 0.6 is 0 Å². The van der Waals surface area contributed by atoms with Gasteiger partial charge in [-0.25, -0.2) is 0 Å². The van der Waals surface area contributed by atoms with E-state index in [-0.39, 0.29) is 12.1 Å². The molecule has 0 aromatic rings. The van der Waals surface area contributed by atoms with Crippen LogP contribution in [0.15, 0.2) is 0 Å². The van der Waals surface area contributed by atoms with Crippen LogP contribution in [-0.2, 0) is 9.47 Å². The van der Waals surface area contributed by atoms with Crippen LogP contribution in [0.1, 0.15) is 26.2 Å². The van der Waals surface area contributed by atoms with Gasteiger partial charge in [0.1, 0.15) is 0 Å². The standard InChI is InChI=1S/C12H25NO4/c1-2-16-6-7-17-9-11(15)8-13-12(10-14)4-3-5-12/h11,13-15H,2-10H2,1H3. The van der Waals surface area contributed by atoms with E-state index in [1.807, 2.05) is 6.92 Å². The van der Waals surface area contributed by atoms with Gasteiger partial charge in [-0.1, -0.05) is 0 Å². The van der Waals surface area contributed by atoms with Crippen LogP contribution in [0.3, 0.4) is 0 Å². The molecule has 1 saturated carbocycles. The number of β-amino-alcohol motifs (C(OH)–C–C–N with tert-alkyl or cyclic N) is 1. The SMILES string of the molecule is CCOCCOCC(O)CNC1(CO)CCC1. The van der Waals surface area contributed by atoms with Crippen molar-refractivity contribution < 1.29 is 19.7 Å². The zero-order valence-electron chi connectivity index (χ0n) is 10.7. The Morgan fingerprint density at radius 3 is 2.53 bits per heavy atom. The molecule has 102 valence electrons. The summed E-state index contributed by atoms with van der Waals surface area (Å²) in [6.45, 7) is 4.62. The topological polar surface area (TPSA) is 71.0 Å². The number of hydrogen-bond donors (Lipinski definition) is 3. The molecule has 0 aliphatic heterocycles. The van der Waals surface area contributed by atoms with Gasteiger partial charge in [0.25, 0.3) is 0 Å². The van der Waals surface area contributed by atoms with Crippen LogP contribution in [0.2, 0.25) is 0 Å². The highest BCUT2D eigenvalue weighted by Crippen LogP contribution is 2.30. The van der Waals surface area contributed by atoms with Crippen molar-refractivity contribution in [3.8, 4) is 0 Å². The van der Waals surface area contributed by atoms with Crippen LogP contribution in [0.25, 0.3) is 0 Å². The minimum absolute atomic E-state index is 0.144. The number of aliphatic hydroxyl groups excluding tert-OH is 2. The molecule has 0 aromatic carbocycles. The Kier molecular flexibility index (Phi) is 6.99. The fourth-order valence-electron chi connectivity index (χ4n) is 1.87. The second-order valence-corrected chi connectivity index (χ2v) is 4.60. The van der Waals surface area contributed by atoms with Crippen LogP contribution in [0, 0.1) is 0 Å². The molecule has 0 radical (unpaired) electrons. The van der Waals surface area contributed by atoms with E-state index in [1.165, 1.54) is 0 Å². The van der Waals surface area contributed by atoms with Crippen LogP contribution < -0.4 is 5.32 Å². The summed E-state index contributed by atoms with van der Waals surface area (Å²) < 4.78 is 10.4. The predicted molar refractivity (Wildman–Crippen MR) is 65.0 cm³/mol. The molecule has 3 N–H and O–H groups in total. The number of hydrogen-bond acceptors (Lipinski definition) is 5. The van der Waals surface area contributed by atoms with Gasteiger partial charge in [-0.2, -0.15) is 0 Å². The molecule has 0 aromatic heterocycles. The maximum absolute atomic E-state index is 9.67. The van der Waals surface area contributed by atoms with E-state index in [0.29, 0.717) is 33.0 Å². The molecular weight excluding hydrogens is 222 g/mol. The average Bonchev–Trinajstić information content (AvgIpc) is 2.28. The van der Waals surface area contributed by atoms with Gasteiger partial charge in [-0.15, -0.1) is 0 Å². The Morgan fingerprint density at radius 2 is 2.00 bits per heavy atom. The van der Waals surface area contributed by atoms with Crippen molar-refractivity contribution in [2.45, 2.75) is 37.8 Å². The fourth-order valence-corrected chi connectivity index (χ4v) is 1.87. The van der Waals surface area contributed by atoms with Crippen LogP contribution in [0.4, 0.5) is 0 Å². The molecule has 1 fully saturated rings. The van der Waals surface area contributed by atoms with E-state index in [2.05, 4.69) is 5.32 Å². The van der Waals surface area contributed by atoms with Gasteiger partial charge >= 0.3 is 0 Å². The smallest absolute Gasteiger partial charge is 0.0897 e. The lowest BCUT2D eigenvalue weighted by Crippen LogP contribution is -2.56. The molecular formula is C12H25NO4. The molecule has 1 atom stereocenters. The zero-order valence-corrected chi connectivity index (χ0v) is 10.7. The first-order valence-corrected chi connectivity index (χ1v) is 6.42. The summed E-state index contributed by atoms with van der Waals surface area (Å²) in [7, 11) is 0.